The number of aliphatic hydroxyl groups excluding tert-OH is 1. The van der Waals surface area contributed by atoms with Gasteiger partial charge in [0.05, 0.1) is 6.42 Å². The van der Waals surface area contributed by atoms with Crippen LogP contribution in [0, 0.1) is 5.92 Å². The molecule has 2 unspecified atom stereocenters. The van der Waals surface area contributed by atoms with Crippen LogP contribution in [0.1, 0.15) is 41.6 Å². The molecule has 1 fully saturated rings. The number of nitrogens with one attached hydrogen (secondary N) is 2. The molecule has 0 radical (unpaired) electrons. The van der Waals surface area contributed by atoms with Crippen LogP contribution in [-0.4, -0.2) is 29.6 Å². The van der Waals surface area contributed by atoms with Crippen molar-refractivity contribution in [2.24, 2.45) is 5.92 Å². The Morgan fingerprint density at radius 3 is 2.95 bits per heavy atom. The summed E-state index contributed by atoms with van der Waals surface area (Å²) in [6.07, 6.45) is 4.42. The van der Waals surface area contributed by atoms with Gasteiger partial charge in [0.1, 0.15) is 0 Å². The van der Waals surface area contributed by atoms with Crippen LogP contribution >= 0.6 is 0 Å². The Balaban J connectivity index is 1.71. The van der Waals surface area contributed by atoms with E-state index in [0.29, 0.717) is 12.0 Å². The van der Waals surface area contributed by atoms with E-state index in [0.717, 1.165) is 36.9 Å². The smallest absolute Gasteiger partial charge is 0.251 e. The highest BCUT2D eigenvalue weighted by Gasteiger charge is 2.26. The van der Waals surface area contributed by atoms with E-state index in [2.05, 4.69) is 10.6 Å². The molecule has 2 atom stereocenters. The van der Waals surface area contributed by atoms with Gasteiger partial charge in [0.2, 0.25) is 5.91 Å². The minimum absolute atomic E-state index is 0.0322. The zero-order valence-corrected chi connectivity index (χ0v) is 11.9. The van der Waals surface area contributed by atoms with Gasteiger partial charge in [-0.2, -0.15) is 0 Å². The van der Waals surface area contributed by atoms with Crippen molar-refractivity contribution >= 4 is 17.5 Å². The van der Waals surface area contributed by atoms with Crippen molar-refractivity contribution in [1.29, 1.82) is 0 Å². The number of hydrogen-bond acceptors (Lipinski definition) is 3. The molecular weight excluding hydrogens is 268 g/mol. The van der Waals surface area contributed by atoms with Crippen LogP contribution in [0.3, 0.4) is 0 Å². The molecule has 0 saturated heterocycles. The molecule has 1 aliphatic heterocycles. The lowest BCUT2D eigenvalue weighted by molar-refractivity contribution is -0.115. The lowest BCUT2D eigenvalue weighted by Gasteiger charge is -2.30. The van der Waals surface area contributed by atoms with Crippen molar-refractivity contribution in [2.75, 3.05) is 11.9 Å². The van der Waals surface area contributed by atoms with Crippen molar-refractivity contribution < 1.29 is 14.7 Å². The fourth-order valence-electron chi connectivity index (χ4n) is 3.24. The third-order valence-corrected chi connectivity index (χ3v) is 4.45. The topological polar surface area (TPSA) is 78.4 Å². The molecule has 21 heavy (non-hydrogen) atoms. The molecule has 3 N–H and O–H groups in total. The number of fused-ring (bicyclic) bond motifs is 1. The van der Waals surface area contributed by atoms with Crippen LogP contribution in [0.5, 0.6) is 0 Å². The molecule has 2 amide bonds. The Morgan fingerprint density at radius 2 is 2.14 bits per heavy atom. The number of hydrogen-bond donors (Lipinski definition) is 3. The van der Waals surface area contributed by atoms with Crippen molar-refractivity contribution in [2.45, 2.75) is 38.1 Å². The molecule has 5 nitrogen and oxygen atoms in total. The standard InChI is InChI=1S/C16H20N2O3/c19-9-11-3-1-2-4-13(11)18-16(21)10-5-6-14-12(7-10)8-15(20)17-14/h5-7,11,13,19H,1-4,8-9H2,(H,17,20)(H,18,21). The average molecular weight is 288 g/mol. The fourth-order valence-corrected chi connectivity index (χ4v) is 3.24. The van der Waals surface area contributed by atoms with Crippen molar-refractivity contribution in [3.05, 3.63) is 29.3 Å². The van der Waals surface area contributed by atoms with E-state index in [4.69, 9.17) is 0 Å². The number of aliphatic hydroxyl groups is 1. The van der Waals surface area contributed by atoms with Gasteiger partial charge in [-0.15, -0.1) is 0 Å². The molecule has 2 aliphatic rings. The maximum atomic E-state index is 12.4. The van der Waals surface area contributed by atoms with E-state index >= 15 is 0 Å². The van der Waals surface area contributed by atoms with E-state index in [1.807, 2.05) is 0 Å². The largest absolute Gasteiger partial charge is 0.396 e. The number of benzene rings is 1. The predicted molar refractivity (Wildman–Crippen MR) is 79.1 cm³/mol. The monoisotopic (exact) mass is 288 g/mol. The van der Waals surface area contributed by atoms with Gasteiger partial charge in [-0.25, -0.2) is 0 Å². The molecule has 3 rings (SSSR count). The molecule has 0 spiro atoms. The van der Waals surface area contributed by atoms with Gasteiger partial charge in [0.15, 0.2) is 0 Å². The fraction of sp³-hybridized carbons (Fsp3) is 0.500. The third kappa shape index (κ3) is 2.93. The van der Waals surface area contributed by atoms with Crippen molar-refractivity contribution in [1.82, 2.24) is 5.32 Å². The second-order valence-corrected chi connectivity index (χ2v) is 5.90. The van der Waals surface area contributed by atoms with E-state index in [1.165, 1.54) is 0 Å². The molecule has 0 aromatic heterocycles. The lowest BCUT2D eigenvalue weighted by Crippen LogP contribution is -2.43. The van der Waals surface area contributed by atoms with Crippen LogP contribution in [0.15, 0.2) is 18.2 Å². The highest BCUT2D eigenvalue weighted by Crippen LogP contribution is 2.26. The van der Waals surface area contributed by atoms with Gasteiger partial charge in [0, 0.05) is 29.8 Å². The molecule has 1 saturated carbocycles. The van der Waals surface area contributed by atoms with Crippen molar-refractivity contribution in [3.8, 4) is 0 Å². The highest BCUT2D eigenvalue weighted by molar-refractivity contribution is 6.01. The average Bonchev–Trinajstić information content (AvgIpc) is 2.86. The minimum atomic E-state index is -0.123. The molecule has 1 aliphatic carbocycles. The minimum Gasteiger partial charge on any atom is -0.396 e. The van der Waals surface area contributed by atoms with Gasteiger partial charge < -0.3 is 15.7 Å². The summed E-state index contributed by atoms with van der Waals surface area (Å²) in [5.41, 5.74) is 2.24. The van der Waals surface area contributed by atoms with E-state index in [9.17, 15) is 14.7 Å². The van der Waals surface area contributed by atoms with E-state index < -0.39 is 0 Å². The lowest BCUT2D eigenvalue weighted by atomic mass is 9.85. The molecule has 1 heterocycles. The predicted octanol–water partition coefficient (Wildman–Crippen LogP) is 1.46. The second kappa shape index (κ2) is 5.85. The number of rotatable bonds is 3. The van der Waals surface area contributed by atoms with Crippen LogP contribution in [0.25, 0.3) is 0 Å². The summed E-state index contributed by atoms with van der Waals surface area (Å²) in [6.45, 7) is 0.119. The van der Waals surface area contributed by atoms with Crippen LogP contribution in [0.4, 0.5) is 5.69 Å². The highest BCUT2D eigenvalue weighted by atomic mass is 16.3. The zero-order chi connectivity index (χ0) is 14.8. The number of carbonyl (C=O) groups excluding carboxylic acids is 2. The normalized spacial score (nSPS) is 24.3. The third-order valence-electron chi connectivity index (χ3n) is 4.45. The van der Waals surface area contributed by atoms with Crippen LogP contribution in [-0.2, 0) is 11.2 Å². The second-order valence-electron chi connectivity index (χ2n) is 5.90. The first kappa shape index (κ1) is 14.1. The molecule has 0 bridgehead atoms. The molecule has 1 aromatic rings. The number of anilines is 1. The molecule has 1 aromatic carbocycles. The Labute approximate surface area is 123 Å². The summed E-state index contributed by atoms with van der Waals surface area (Å²) in [5, 5.41) is 15.2. The maximum Gasteiger partial charge on any atom is 0.251 e. The van der Waals surface area contributed by atoms with E-state index in [1.54, 1.807) is 18.2 Å². The Kier molecular flexibility index (Phi) is 3.92. The summed E-state index contributed by atoms with van der Waals surface area (Å²) in [5.74, 6) is -0.00180. The van der Waals surface area contributed by atoms with Gasteiger partial charge in [-0.3, -0.25) is 9.59 Å². The Bertz CT molecular complexity index is 571. The molecule has 5 heteroatoms. The van der Waals surface area contributed by atoms with Crippen molar-refractivity contribution in [3.63, 3.8) is 0 Å². The molecule has 112 valence electrons. The summed E-state index contributed by atoms with van der Waals surface area (Å²) in [4.78, 5) is 23.7. The number of amides is 2. The SMILES string of the molecule is O=C1Cc2cc(C(=O)NC3CCCCC3CO)ccc2N1. The zero-order valence-electron chi connectivity index (χ0n) is 11.9. The quantitative estimate of drug-likeness (QED) is 0.788. The Morgan fingerprint density at radius 1 is 1.33 bits per heavy atom. The van der Waals surface area contributed by atoms with Gasteiger partial charge in [-0.1, -0.05) is 12.8 Å². The first-order valence-electron chi connectivity index (χ1n) is 7.52. The summed E-state index contributed by atoms with van der Waals surface area (Å²) >= 11 is 0. The number of carbonyl (C=O) groups is 2. The summed E-state index contributed by atoms with van der Waals surface area (Å²) in [7, 11) is 0. The molecular formula is C16H20N2O3. The van der Waals surface area contributed by atoms with Crippen LogP contribution in [0.2, 0.25) is 0 Å². The Hall–Kier alpha value is -1.88. The first-order valence-corrected chi connectivity index (χ1v) is 7.52. The van der Waals surface area contributed by atoms with Crippen LogP contribution < -0.4 is 10.6 Å². The van der Waals surface area contributed by atoms with Gasteiger partial charge in [0.25, 0.3) is 5.91 Å². The van der Waals surface area contributed by atoms with Gasteiger partial charge >= 0.3 is 0 Å². The summed E-state index contributed by atoms with van der Waals surface area (Å²) in [6, 6.07) is 5.33. The first-order chi connectivity index (χ1) is 10.2. The summed E-state index contributed by atoms with van der Waals surface area (Å²) < 4.78 is 0. The van der Waals surface area contributed by atoms with Gasteiger partial charge in [-0.05, 0) is 36.6 Å². The maximum absolute atomic E-state index is 12.4. The van der Waals surface area contributed by atoms with E-state index in [-0.39, 0.29) is 30.4 Å².